The van der Waals surface area contributed by atoms with Crippen LogP contribution in [0.25, 0.3) is 0 Å². The first kappa shape index (κ1) is 39.8. The van der Waals surface area contributed by atoms with Gasteiger partial charge in [-0.25, -0.2) is 13.2 Å². The van der Waals surface area contributed by atoms with Crippen LogP contribution in [0, 0.1) is 59.4 Å². The lowest BCUT2D eigenvalue weighted by Crippen LogP contribution is -2.25. The van der Waals surface area contributed by atoms with Crippen LogP contribution < -0.4 is 23.7 Å². The molecular formula is C35H28F12O5. The molecular weight excluding hydrogens is 728 g/mol. The van der Waals surface area contributed by atoms with Crippen LogP contribution in [0.4, 0.5) is 52.7 Å². The number of hydrogen-bond donors (Lipinski definition) is 0. The molecule has 1 unspecified atom stereocenters. The molecule has 0 amide bonds. The normalized spacial score (nSPS) is 12.4. The van der Waals surface area contributed by atoms with E-state index in [1.165, 1.54) is 6.92 Å². The smallest absolute Gasteiger partial charge is 0.429 e. The van der Waals surface area contributed by atoms with Crippen molar-refractivity contribution in [1.29, 1.82) is 0 Å². The molecule has 17 heteroatoms. The second-order valence-corrected chi connectivity index (χ2v) is 11.2. The second-order valence-electron chi connectivity index (χ2n) is 11.2. The van der Waals surface area contributed by atoms with Gasteiger partial charge in [-0.05, 0) is 80.6 Å². The third-order valence-electron chi connectivity index (χ3n) is 7.48. The van der Waals surface area contributed by atoms with E-state index in [-0.39, 0.29) is 44.1 Å². The zero-order valence-electron chi connectivity index (χ0n) is 27.3. The van der Waals surface area contributed by atoms with Crippen LogP contribution in [0.1, 0.15) is 43.4 Å². The van der Waals surface area contributed by atoms with Gasteiger partial charge in [0.15, 0.2) is 46.2 Å². The van der Waals surface area contributed by atoms with Crippen molar-refractivity contribution in [2.45, 2.75) is 45.8 Å². The molecule has 52 heavy (non-hydrogen) atoms. The summed E-state index contributed by atoms with van der Waals surface area (Å²) in [6, 6.07) is 5.31. The number of benzene rings is 4. The van der Waals surface area contributed by atoms with Crippen LogP contribution in [-0.2, 0) is 12.2 Å². The van der Waals surface area contributed by atoms with Gasteiger partial charge >= 0.3 is 12.2 Å². The Labute approximate surface area is 288 Å². The molecule has 1 atom stereocenters. The summed E-state index contributed by atoms with van der Waals surface area (Å²) in [5.74, 6) is -19.4. The monoisotopic (exact) mass is 756 g/mol. The van der Waals surface area contributed by atoms with Gasteiger partial charge in [-0.1, -0.05) is 13.0 Å². The summed E-state index contributed by atoms with van der Waals surface area (Å²) in [6.45, 7) is 3.64. The highest BCUT2D eigenvalue weighted by Crippen LogP contribution is 2.40. The van der Waals surface area contributed by atoms with Crippen molar-refractivity contribution in [3.05, 3.63) is 112 Å². The van der Waals surface area contributed by atoms with Crippen molar-refractivity contribution in [1.82, 2.24) is 0 Å². The summed E-state index contributed by atoms with van der Waals surface area (Å²) in [4.78, 5) is 0. The first-order chi connectivity index (χ1) is 24.4. The SMILES string of the molecule is CCOc1ccc(C(F)(F)Oc2ccc(OCCC(C)CCOc3ccc(OC(F)(F)c4ccc(C)c(F)c4F)c(F)c3F)c(F)c2F)c(F)c1F. The molecule has 0 radical (unpaired) electrons. The Hall–Kier alpha value is -4.96. The first-order valence-electron chi connectivity index (χ1n) is 15.3. The third kappa shape index (κ3) is 8.73. The van der Waals surface area contributed by atoms with Gasteiger partial charge in [-0.3, -0.25) is 0 Å². The van der Waals surface area contributed by atoms with Crippen molar-refractivity contribution >= 4 is 0 Å². The highest BCUT2D eigenvalue weighted by molar-refractivity contribution is 5.38. The second kappa shape index (κ2) is 16.2. The van der Waals surface area contributed by atoms with Crippen LogP contribution in [0.2, 0.25) is 0 Å². The molecule has 0 bridgehead atoms. The van der Waals surface area contributed by atoms with Gasteiger partial charge in [0.1, 0.15) is 11.1 Å². The van der Waals surface area contributed by atoms with Gasteiger partial charge in [0, 0.05) is 0 Å². The Morgan fingerprint density at radius 3 is 1.29 bits per heavy atom. The summed E-state index contributed by atoms with van der Waals surface area (Å²) >= 11 is 0. The van der Waals surface area contributed by atoms with E-state index in [2.05, 4.69) is 9.47 Å². The van der Waals surface area contributed by atoms with Gasteiger partial charge < -0.3 is 23.7 Å². The van der Waals surface area contributed by atoms with Gasteiger partial charge in [0.2, 0.25) is 29.1 Å². The minimum absolute atomic E-state index is 0.0894. The van der Waals surface area contributed by atoms with E-state index in [1.807, 2.05) is 0 Å². The van der Waals surface area contributed by atoms with Gasteiger partial charge in [0.05, 0.1) is 19.8 Å². The zero-order valence-corrected chi connectivity index (χ0v) is 27.3. The summed E-state index contributed by atoms with van der Waals surface area (Å²) < 4.78 is 196. The van der Waals surface area contributed by atoms with Crippen LogP contribution in [-0.4, -0.2) is 19.8 Å². The molecule has 282 valence electrons. The number of alkyl halides is 4. The fourth-order valence-electron chi connectivity index (χ4n) is 4.57. The standard InChI is InChI=1S/C35H28F12O5/c1-4-48-21-8-7-20(28(38)29(21)39)35(46,47)52-25-12-10-23(31(41)33(25)43)50-16-14-17(2)13-15-49-22-9-11-24(32(42)30(22)40)51-34(44,45)19-6-5-18(3)26(36)27(19)37/h5-12,17H,4,13-16H2,1-3H3. The van der Waals surface area contributed by atoms with E-state index in [9.17, 15) is 52.7 Å². The number of rotatable bonds is 16. The fraction of sp³-hybridized carbons (Fsp3) is 0.314. The highest BCUT2D eigenvalue weighted by Gasteiger charge is 2.42. The predicted molar refractivity (Wildman–Crippen MR) is 160 cm³/mol. The Morgan fingerprint density at radius 2 is 0.827 bits per heavy atom. The Morgan fingerprint density at radius 1 is 0.481 bits per heavy atom. The third-order valence-corrected chi connectivity index (χ3v) is 7.48. The summed E-state index contributed by atoms with van der Waals surface area (Å²) in [7, 11) is 0. The van der Waals surface area contributed by atoms with E-state index < -0.39 is 98.6 Å². The maximum absolute atomic E-state index is 14.6. The van der Waals surface area contributed by atoms with E-state index in [0.717, 1.165) is 31.2 Å². The summed E-state index contributed by atoms with van der Waals surface area (Å²) in [6.07, 6.45) is -8.91. The molecule has 0 heterocycles. The average molecular weight is 757 g/mol. The summed E-state index contributed by atoms with van der Waals surface area (Å²) in [5, 5.41) is 0. The molecule has 0 spiro atoms. The minimum Gasteiger partial charge on any atom is -0.491 e. The quantitative estimate of drug-likeness (QED) is 0.107. The first-order valence-corrected chi connectivity index (χ1v) is 15.3. The Balaban J connectivity index is 1.29. The van der Waals surface area contributed by atoms with Crippen LogP contribution >= 0.6 is 0 Å². The lowest BCUT2D eigenvalue weighted by molar-refractivity contribution is -0.190. The maximum atomic E-state index is 14.6. The van der Waals surface area contributed by atoms with Crippen LogP contribution in [0.3, 0.4) is 0 Å². The predicted octanol–water partition coefficient (Wildman–Crippen LogP) is 10.6. The van der Waals surface area contributed by atoms with Crippen molar-refractivity contribution in [2.75, 3.05) is 19.8 Å². The molecule has 0 N–H and O–H groups in total. The van der Waals surface area contributed by atoms with Crippen molar-refractivity contribution < 1.29 is 76.4 Å². The fourth-order valence-corrected chi connectivity index (χ4v) is 4.57. The average Bonchev–Trinajstić information content (AvgIpc) is 3.08. The minimum atomic E-state index is -4.63. The number of halogens is 12. The van der Waals surface area contributed by atoms with Gasteiger partial charge in [-0.15, -0.1) is 0 Å². The molecule has 4 rings (SSSR count). The molecule has 5 nitrogen and oxygen atoms in total. The van der Waals surface area contributed by atoms with Gasteiger partial charge in [0.25, 0.3) is 0 Å². The molecule has 4 aromatic carbocycles. The van der Waals surface area contributed by atoms with E-state index in [1.54, 1.807) is 6.92 Å². The van der Waals surface area contributed by atoms with E-state index in [4.69, 9.17) is 14.2 Å². The summed E-state index contributed by atoms with van der Waals surface area (Å²) in [5.41, 5.74) is -3.40. The molecule has 0 saturated carbocycles. The van der Waals surface area contributed by atoms with Crippen molar-refractivity contribution in [3.8, 4) is 28.7 Å². The van der Waals surface area contributed by atoms with Crippen LogP contribution in [0.5, 0.6) is 28.7 Å². The number of aryl methyl sites for hydroxylation is 1. The van der Waals surface area contributed by atoms with E-state index in [0.29, 0.717) is 24.3 Å². The number of ether oxygens (including phenoxy) is 5. The number of hydrogen-bond acceptors (Lipinski definition) is 5. The maximum Gasteiger partial charge on any atom is 0.429 e. The Bertz CT molecular complexity index is 1900. The molecule has 0 aliphatic heterocycles. The lowest BCUT2D eigenvalue weighted by atomic mass is 10.1. The Kier molecular flexibility index (Phi) is 12.4. The van der Waals surface area contributed by atoms with Gasteiger partial charge in [-0.2, -0.15) is 39.5 Å². The van der Waals surface area contributed by atoms with Crippen LogP contribution in [0.15, 0.2) is 48.5 Å². The molecule has 0 fully saturated rings. The topological polar surface area (TPSA) is 46.2 Å². The molecule has 0 aliphatic carbocycles. The van der Waals surface area contributed by atoms with Crippen molar-refractivity contribution in [2.24, 2.45) is 5.92 Å². The lowest BCUT2D eigenvalue weighted by Gasteiger charge is -2.20. The molecule has 0 aliphatic rings. The largest absolute Gasteiger partial charge is 0.491 e. The van der Waals surface area contributed by atoms with Crippen molar-refractivity contribution in [3.63, 3.8) is 0 Å². The highest BCUT2D eigenvalue weighted by atomic mass is 19.3. The molecule has 4 aromatic rings. The zero-order chi connectivity index (χ0) is 38.5. The van der Waals surface area contributed by atoms with E-state index >= 15 is 0 Å². The molecule has 0 aromatic heterocycles. The molecule has 0 saturated heterocycles.